The van der Waals surface area contributed by atoms with Gasteiger partial charge in [-0.25, -0.2) is 4.98 Å². The maximum atomic E-state index is 12.6. The Bertz CT molecular complexity index is 761. The van der Waals surface area contributed by atoms with Gasteiger partial charge in [0.15, 0.2) is 0 Å². The molecular weight excluding hydrogens is 404 g/mol. The number of hydrogen-bond acceptors (Lipinski definition) is 4. The molecule has 0 spiro atoms. The van der Waals surface area contributed by atoms with E-state index in [0.717, 1.165) is 29.9 Å². The number of rotatable bonds is 6. The molecule has 0 aliphatic heterocycles. The average molecular weight is 443 g/mol. The van der Waals surface area contributed by atoms with Crippen LogP contribution < -0.4 is 5.32 Å². The van der Waals surface area contributed by atoms with Crippen LogP contribution in [0.4, 0.5) is 0 Å². The van der Waals surface area contributed by atoms with E-state index < -0.39 is 0 Å². The number of hydrogen-bond donors (Lipinski definition) is 1. The Morgan fingerprint density at radius 1 is 0.968 bits per heavy atom. The van der Waals surface area contributed by atoms with Gasteiger partial charge in [0.1, 0.15) is 5.76 Å². The van der Waals surface area contributed by atoms with Gasteiger partial charge in [-0.1, -0.05) is 82.4 Å². The van der Waals surface area contributed by atoms with Crippen LogP contribution in [0.2, 0.25) is 0 Å². The highest BCUT2D eigenvalue weighted by Crippen LogP contribution is 2.24. The fourth-order valence-electron chi connectivity index (χ4n) is 4.26. The minimum absolute atomic E-state index is 0.156. The van der Waals surface area contributed by atoms with E-state index >= 15 is 0 Å². The molecule has 0 bridgehead atoms. The molecule has 1 saturated carbocycles. The first-order valence-corrected chi connectivity index (χ1v) is 13.3. The van der Waals surface area contributed by atoms with Gasteiger partial charge in [-0.3, -0.25) is 4.79 Å². The first-order chi connectivity index (χ1) is 15.2. The molecule has 1 heterocycles. The first-order valence-electron chi connectivity index (χ1n) is 12.1. The lowest BCUT2D eigenvalue weighted by Crippen LogP contribution is -2.36. The van der Waals surface area contributed by atoms with Crippen molar-refractivity contribution in [2.75, 3.05) is 5.75 Å². The number of benzene rings is 1. The minimum atomic E-state index is 0.156. The van der Waals surface area contributed by atoms with E-state index in [9.17, 15) is 4.79 Å². The summed E-state index contributed by atoms with van der Waals surface area (Å²) in [5, 5.41) is 3.31. The van der Waals surface area contributed by atoms with Crippen LogP contribution in [0, 0.1) is 6.92 Å². The number of aromatic nitrogens is 1. The lowest BCUT2D eigenvalue weighted by Gasteiger charge is -2.18. The maximum absolute atomic E-state index is 12.6. The molecule has 1 amide bonds. The second-order valence-corrected chi connectivity index (χ2v) is 9.74. The van der Waals surface area contributed by atoms with Crippen molar-refractivity contribution in [3.8, 4) is 11.5 Å². The third kappa shape index (κ3) is 8.72. The minimum Gasteiger partial charge on any atom is -0.441 e. The van der Waals surface area contributed by atoms with Crippen molar-refractivity contribution in [2.45, 2.75) is 95.8 Å². The van der Waals surface area contributed by atoms with E-state index in [1.807, 2.05) is 37.3 Å². The molecule has 1 fully saturated rings. The number of aryl methyl sites for hydroxylation is 1. The summed E-state index contributed by atoms with van der Waals surface area (Å²) < 4.78 is 5.83. The van der Waals surface area contributed by atoms with Crippen LogP contribution >= 0.6 is 11.8 Å². The Morgan fingerprint density at radius 3 is 2.16 bits per heavy atom. The van der Waals surface area contributed by atoms with E-state index in [0.29, 0.717) is 23.4 Å². The Balaban J connectivity index is 1.42. The molecule has 1 aromatic carbocycles. The van der Waals surface area contributed by atoms with Crippen LogP contribution in [-0.4, -0.2) is 22.7 Å². The van der Waals surface area contributed by atoms with Gasteiger partial charge in [-0.05, 0) is 31.9 Å². The standard InChI is InChI=1S/C26H38N2O2S/c1-21-24(28-26(30-21)22-15-11-10-12-16-22)19-31-20-25(29)27-23-17-13-8-6-4-2-3-5-7-9-14-18-23/h10-12,15-16,23H,2-9,13-14,17-20H2,1H3,(H,27,29). The molecule has 31 heavy (non-hydrogen) atoms. The van der Waals surface area contributed by atoms with E-state index in [-0.39, 0.29) is 5.91 Å². The third-order valence-electron chi connectivity index (χ3n) is 6.11. The van der Waals surface area contributed by atoms with Crippen molar-refractivity contribution in [1.82, 2.24) is 10.3 Å². The first kappa shape index (κ1) is 23.9. The normalized spacial score (nSPS) is 17.3. The van der Waals surface area contributed by atoms with Crippen LogP contribution in [-0.2, 0) is 10.5 Å². The van der Waals surface area contributed by atoms with Crippen LogP contribution in [0.25, 0.3) is 11.5 Å². The third-order valence-corrected chi connectivity index (χ3v) is 7.05. The topological polar surface area (TPSA) is 55.1 Å². The molecule has 4 nitrogen and oxygen atoms in total. The van der Waals surface area contributed by atoms with Crippen LogP contribution in [0.15, 0.2) is 34.7 Å². The number of oxazole rings is 1. The second-order valence-electron chi connectivity index (χ2n) is 8.76. The van der Waals surface area contributed by atoms with Gasteiger partial charge in [-0.2, -0.15) is 0 Å². The van der Waals surface area contributed by atoms with Crippen molar-refractivity contribution in [2.24, 2.45) is 0 Å². The number of nitrogens with one attached hydrogen (secondary N) is 1. The number of thioether (sulfide) groups is 1. The molecule has 0 radical (unpaired) electrons. The Kier molecular flexibility index (Phi) is 10.5. The van der Waals surface area contributed by atoms with Crippen molar-refractivity contribution >= 4 is 17.7 Å². The zero-order chi connectivity index (χ0) is 21.7. The predicted octanol–water partition coefficient (Wildman–Crippen LogP) is 7.06. The summed E-state index contributed by atoms with van der Waals surface area (Å²) >= 11 is 1.62. The van der Waals surface area contributed by atoms with Gasteiger partial charge in [0.25, 0.3) is 0 Å². The van der Waals surface area contributed by atoms with Crippen molar-refractivity contribution < 1.29 is 9.21 Å². The summed E-state index contributed by atoms with van der Waals surface area (Å²) in [6, 6.07) is 10.3. The molecule has 0 atom stereocenters. The van der Waals surface area contributed by atoms with Gasteiger partial charge in [0.05, 0.1) is 11.4 Å². The summed E-state index contributed by atoms with van der Waals surface area (Å²) in [6.45, 7) is 1.95. The van der Waals surface area contributed by atoms with E-state index in [1.54, 1.807) is 11.8 Å². The number of carbonyl (C=O) groups excluding carboxylic acids is 1. The van der Waals surface area contributed by atoms with E-state index in [2.05, 4.69) is 10.3 Å². The lowest BCUT2D eigenvalue weighted by atomic mass is 10.0. The SMILES string of the molecule is Cc1oc(-c2ccccc2)nc1CSCC(=O)NC1CCCCCCCCCCCC1. The summed E-state index contributed by atoms with van der Waals surface area (Å²) in [4.78, 5) is 17.2. The number of amides is 1. The monoisotopic (exact) mass is 442 g/mol. The number of nitrogens with zero attached hydrogens (tertiary/aromatic N) is 1. The highest BCUT2D eigenvalue weighted by molar-refractivity contribution is 7.99. The molecule has 170 valence electrons. The summed E-state index contributed by atoms with van der Waals surface area (Å²) in [7, 11) is 0. The maximum Gasteiger partial charge on any atom is 0.230 e. The fourth-order valence-corrected chi connectivity index (χ4v) is 5.09. The van der Waals surface area contributed by atoms with Gasteiger partial charge in [-0.15, -0.1) is 11.8 Å². The molecule has 1 aliphatic carbocycles. The van der Waals surface area contributed by atoms with Gasteiger partial charge in [0, 0.05) is 17.4 Å². The van der Waals surface area contributed by atoms with Crippen LogP contribution in [0.3, 0.4) is 0 Å². The highest BCUT2D eigenvalue weighted by atomic mass is 32.2. The van der Waals surface area contributed by atoms with Crippen molar-refractivity contribution in [3.63, 3.8) is 0 Å². The Labute approximate surface area is 192 Å². The Morgan fingerprint density at radius 2 is 1.55 bits per heavy atom. The molecule has 1 N–H and O–H groups in total. The molecular formula is C26H38N2O2S. The van der Waals surface area contributed by atoms with Crippen molar-refractivity contribution in [1.29, 1.82) is 0 Å². The largest absolute Gasteiger partial charge is 0.441 e. The van der Waals surface area contributed by atoms with E-state index in [1.165, 1.54) is 64.2 Å². The van der Waals surface area contributed by atoms with Crippen LogP contribution in [0.5, 0.6) is 0 Å². The predicted molar refractivity (Wildman–Crippen MR) is 130 cm³/mol. The average Bonchev–Trinajstić information content (AvgIpc) is 3.15. The van der Waals surface area contributed by atoms with E-state index in [4.69, 9.17) is 4.42 Å². The van der Waals surface area contributed by atoms with Crippen LogP contribution in [0.1, 0.15) is 88.5 Å². The summed E-state index contributed by atoms with van der Waals surface area (Å²) in [5.41, 5.74) is 1.91. The molecule has 3 rings (SSSR count). The second kappa shape index (κ2) is 13.6. The highest BCUT2D eigenvalue weighted by Gasteiger charge is 2.15. The quantitative estimate of drug-likeness (QED) is 0.520. The molecule has 1 aromatic heterocycles. The Hall–Kier alpha value is -1.75. The number of carbonyl (C=O) groups is 1. The molecule has 0 unspecified atom stereocenters. The molecule has 2 aromatic rings. The molecule has 0 saturated heterocycles. The lowest BCUT2D eigenvalue weighted by molar-refractivity contribution is -0.119. The molecule has 1 aliphatic rings. The van der Waals surface area contributed by atoms with Gasteiger partial charge < -0.3 is 9.73 Å². The molecule has 5 heteroatoms. The zero-order valence-electron chi connectivity index (χ0n) is 19.0. The zero-order valence-corrected chi connectivity index (χ0v) is 19.9. The van der Waals surface area contributed by atoms with Crippen molar-refractivity contribution in [3.05, 3.63) is 41.8 Å². The van der Waals surface area contributed by atoms with Gasteiger partial charge in [0.2, 0.25) is 11.8 Å². The van der Waals surface area contributed by atoms with Gasteiger partial charge >= 0.3 is 0 Å². The summed E-state index contributed by atoms with van der Waals surface area (Å²) in [5.74, 6) is 2.82. The fraction of sp³-hybridized carbons (Fsp3) is 0.615. The smallest absolute Gasteiger partial charge is 0.230 e. The summed E-state index contributed by atoms with van der Waals surface area (Å²) in [6.07, 6.45) is 15.6.